The molecule has 3 N–H and O–H groups in total. The molecule has 0 radical (unpaired) electrons. The van der Waals surface area contributed by atoms with Crippen LogP contribution in [0, 0.1) is 17.8 Å². The van der Waals surface area contributed by atoms with Gasteiger partial charge in [-0.3, -0.25) is 4.79 Å². The minimum absolute atomic E-state index is 0.138. The Hall–Kier alpha value is -0.910. The van der Waals surface area contributed by atoms with Gasteiger partial charge >= 0.3 is 5.97 Å². The lowest BCUT2D eigenvalue weighted by Crippen LogP contribution is -2.29. The molecule has 0 unspecified atom stereocenters. The molecule has 0 saturated carbocycles. The van der Waals surface area contributed by atoms with Crippen molar-refractivity contribution in [1.29, 1.82) is 0 Å². The lowest BCUT2D eigenvalue weighted by molar-refractivity contribution is -0.143. The van der Waals surface area contributed by atoms with Crippen LogP contribution >= 0.6 is 0 Å². The van der Waals surface area contributed by atoms with Gasteiger partial charge in [0.2, 0.25) is 0 Å². The first-order valence-corrected chi connectivity index (χ1v) is 4.96. The van der Waals surface area contributed by atoms with Crippen molar-refractivity contribution < 1.29 is 24.9 Å². The van der Waals surface area contributed by atoms with Crippen LogP contribution in [0.4, 0.5) is 0 Å². The van der Waals surface area contributed by atoms with Gasteiger partial charge in [-0.15, -0.1) is 0 Å². The molecule has 0 amide bonds. The molecule has 0 aromatic carbocycles. The molecular formula is C10H14O5. The second-order valence-electron chi connectivity index (χ2n) is 3.96. The van der Waals surface area contributed by atoms with Gasteiger partial charge in [0.05, 0.1) is 25.7 Å². The number of esters is 1. The fraction of sp³-hybridized carbons (Fsp3) is 0.700. The van der Waals surface area contributed by atoms with Crippen LogP contribution in [0.15, 0.2) is 11.6 Å². The maximum atomic E-state index is 11.3. The molecule has 0 aromatic rings. The molecule has 4 atom stereocenters. The molecule has 15 heavy (non-hydrogen) atoms. The summed E-state index contributed by atoms with van der Waals surface area (Å²) < 4.78 is 5.06. The average Bonchev–Trinajstić information content (AvgIpc) is 2.71. The van der Waals surface area contributed by atoms with E-state index in [-0.39, 0.29) is 31.7 Å². The summed E-state index contributed by atoms with van der Waals surface area (Å²) in [7, 11) is 0. The van der Waals surface area contributed by atoms with E-state index >= 15 is 0 Å². The lowest BCUT2D eigenvalue weighted by atomic mass is 9.82. The van der Waals surface area contributed by atoms with Gasteiger partial charge in [-0.1, -0.05) is 0 Å². The second kappa shape index (κ2) is 3.92. The Morgan fingerprint density at radius 2 is 1.87 bits per heavy atom. The number of hydrogen-bond donors (Lipinski definition) is 3. The monoisotopic (exact) mass is 214 g/mol. The number of aliphatic hydroxyl groups is 3. The number of ether oxygens (including phenoxy) is 1. The number of carbonyl (C=O) groups excluding carboxylic acids is 1. The van der Waals surface area contributed by atoms with Gasteiger partial charge in [-0.2, -0.15) is 0 Å². The van der Waals surface area contributed by atoms with E-state index in [4.69, 9.17) is 14.9 Å². The maximum Gasteiger partial charge on any atom is 0.312 e. The summed E-state index contributed by atoms with van der Waals surface area (Å²) in [5.74, 6) is -1.50. The van der Waals surface area contributed by atoms with Crippen molar-refractivity contribution in [2.75, 3.05) is 19.8 Å². The summed E-state index contributed by atoms with van der Waals surface area (Å²) in [5.41, 5.74) is 0.693. The van der Waals surface area contributed by atoms with Crippen LogP contribution in [-0.4, -0.2) is 47.2 Å². The van der Waals surface area contributed by atoms with E-state index in [1.807, 2.05) is 0 Å². The average molecular weight is 214 g/mol. The molecule has 0 aromatic heterocycles. The Balaban J connectivity index is 2.25. The zero-order valence-corrected chi connectivity index (χ0v) is 8.17. The molecule has 2 rings (SSSR count). The summed E-state index contributed by atoms with van der Waals surface area (Å²) in [4.78, 5) is 11.3. The van der Waals surface area contributed by atoms with Crippen molar-refractivity contribution in [1.82, 2.24) is 0 Å². The highest BCUT2D eigenvalue weighted by Crippen LogP contribution is 2.43. The highest BCUT2D eigenvalue weighted by atomic mass is 16.6. The first-order chi connectivity index (χ1) is 7.22. The van der Waals surface area contributed by atoms with Crippen LogP contribution in [0.25, 0.3) is 0 Å². The van der Waals surface area contributed by atoms with Gasteiger partial charge in [0.15, 0.2) is 0 Å². The third kappa shape index (κ3) is 1.47. The summed E-state index contributed by atoms with van der Waals surface area (Å²) in [5, 5.41) is 27.4. The predicted octanol–water partition coefficient (Wildman–Crippen LogP) is -1.32. The van der Waals surface area contributed by atoms with Gasteiger partial charge in [-0.25, -0.2) is 0 Å². The third-order valence-corrected chi connectivity index (χ3v) is 3.29. The van der Waals surface area contributed by atoms with Crippen LogP contribution in [0.5, 0.6) is 0 Å². The number of fused-ring (bicyclic) bond motifs is 1. The predicted molar refractivity (Wildman–Crippen MR) is 49.7 cm³/mol. The Kier molecular flexibility index (Phi) is 2.77. The van der Waals surface area contributed by atoms with E-state index in [2.05, 4.69) is 0 Å². The molecule has 5 heteroatoms. The summed E-state index contributed by atoms with van der Waals surface area (Å²) >= 11 is 0. The Labute approximate surface area is 87.0 Å². The SMILES string of the molecule is O=C1O[C@H]2C=C(CO)[C@@H](CO)[C@H]2[C@@H]1CO. The molecule has 1 heterocycles. The zero-order valence-electron chi connectivity index (χ0n) is 8.17. The van der Waals surface area contributed by atoms with Crippen LogP contribution < -0.4 is 0 Å². The van der Waals surface area contributed by atoms with E-state index in [1.165, 1.54) is 0 Å². The number of hydrogen-bond acceptors (Lipinski definition) is 5. The van der Waals surface area contributed by atoms with E-state index in [0.29, 0.717) is 5.57 Å². The molecule has 1 aliphatic heterocycles. The topological polar surface area (TPSA) is 87.0 Å². The summed E-state index contributed by atoms with van der Waals surface area (Å²) in [6.45, 7) is -0.558. The molecule has 1 saturated heterocycles. The lowest BCUT2D eigenvalue weighted by Gasteiger charge is -2.20. The van der Waals surface area contributed by atoms with Gasteiger partial charge in [0.25, 0.3) is 0 Å². The van der Waals surface area contributed by atoms with E-state index < -0.39 is 18.0 Å². The van der Waals surface area contributed by atoms with Crippen LogP contribution in [0.1, 0.15) is 0 Å². The zero-order chi connectivity index (χ0) is 11.0. The largest absolute Gasteiger partial charge is 0.457 e. The van der Waals surface area contributed by atoms with Crippen molar-refractivity contribution in [2.45, 2.75) is 6.10 Å². The molecule has 84 valence electrons. The van der Waals surface area contributed by atoms with Gasteiger partial charge < -0.3 is 20.1 Å². The van der Waals surface area contributed by atoms with Gasteiger partial charge in [-0.05, 0) is 11.6 Å². The Morgan fingerprint density at radius 3 is 2.40 bits per heavy atom. The summed E-state index contributed by atoms with van der Waals surface area (Å²) in [6.07, 6.45) is 1.29. The van der Waals surface area contributed by atoms with Crippen LogP contribution in [0.3, 0.4) is 0 Å². The number of rotatable bonds is 3. The fourth-order valence-corrected chi connectivity index (χ4v) is 2.53. The smallest absolute Gasteiger partial charge is 0.312 e. The molecule has 2 aliphatic rings. The highest BCUT2D eigenvalue weighted by Gasteiger charge is 2.51. The maximum absolute atomic E-state index is 11.3. The molecule has 1 aliphatic carbocycles. The quantitative estimate of drug-likeness (QED) is 0.400. The highest BCUT2D eigenvalue weighted by molar-refractivity contribution is 5.76. The van der Waals surface area contributed by atoms with Crippen molar-refractivity contribution in [2.24, 2.45) is 17.8 Å². The second-order valence-corrected chi connectivity index (χ2v) is 3.96. The minimum Gasteiger partial charge on any atom is -0.457 e. The Morgan fingerprint density at radius 1 is 1.20 bits per heavy atom. The van der Waals surface area contributed by atoms with Crippen molar-refractivity contribution in [3.63, 3.8) is 0 Å². The van der Waals surface area contributed by atoms with Crippen molar-refractivity contribution in [3.8, 4) is 0 Å². The molecule has 1 fully saturated rings. The van der Waals surface area contributed by atoms with Crippen LogP contribution in [-0.2, 0) is 9.53 Å². The van der Waals surface area contributed by atoms with E-state index in [1.54, 1.807) is 6.08 Å². The van der Waals surface area contributed by atoms with E-state index in [0.717, 1.165) is 0 Å². The molecular weight excluding hydrogens is 200 g/mol. The number of carbonyl (C=O) groups is 1. The molecule has 0 spiro atoms. The van der Waals surface area contributed by atoms with Crippen molar-refractivity contribution >= 4 is 5.97 Å². The third-order valence-electron chi connectivity index (χ3n) is 3.29. The van der Waals surface area contributed by atoms with Gasteiger partial charge in [0, 0.05) is 11.8 Å². The number of aliphatic hydroxyl groups excluding tert-OH is 3. The normalized spacial score (nSPS) is 38.9. The fourth-order valence-electron chi connectivity index (χ4n) is 2.53. The van der Waals surface area contributed by atoms with E-state index in [9.17, 15) is 9.90 Å². The van der Waals surface area contributed by atoms with Crippen LogP contribution in [0.2, 0.25) is 0 Å². The first kappa shape index (κ1) is 10.6. The minimum atomic E-state index is -0.576. The molecule has 0 bridgehead atoms. The standard InChI is InChI=1S/C10H14O5/c11-2-5-1-8-9(6(5)3-12)7(4-13)10(14)15-8/h1,6-9,11-13H,2-4H2/t6-,7+,8+,9+/m1/s1. The first-order valence-electron chi connectivity index (χ1n) is 4.96. The Bertz CT molecular complexity index is 298. The summed E-state index contributed by atoms with van der Waals surface area (Å²) in [6, 6.07) is 0. The van der Waals surface area contributed by atoms with Crippen molar-refractivity contribution in [3.05, 3.63) is 11.6 Å². The molecule has 5 nitrogen and oxygen atoms in total. The van der Waals surface area contributed by atoms with Gasteiger partial charge in [0.1, 0.15) is 6.10 Å².